The van der Waals surface area contributed by atoms with E-state index in [9.17, 15) is 4.79 Å². The van der Waals surface area contributed by atoms with E-state index < -0.39 is 0 Å². The van der Waals surface area contributed by atoms with Crippen LogP contribution in [0, 0.1) is 17.8 Å². The van der Waals surface area contributed by atoms with Gasteiger partial charge in [-0.2, -0.15) is 0 Å². The average molecular weight is 228 g/mol. The fraction of sp³-hybridized carbons (Fsp3) is 0.923. The topological polar surface area (TPSA) is 46.3 Å². The summed E-state index contributed by atoms with van der Waals surface area (Å²) in [5.41, 5.74) is 5.96. The minimum Gasteiger partial charge on any atom is -0.345 e. The van der Waals surface area contributed by atoms with Crippen molar-refractivity contribution in [1.82, 2.24) is 4.90 Å². The molecule has 96 valence electrons. The molecule has 0 bridgehead atoms. The molecule has 0 aliphatic rings. The summed E-state index contributed by atoms with van der Waals surface area (Å²) in [5, 5.41) is 0. The number of hydrogen-bond donors (Lipinski definition) is 1. The molecule has 0 spiro atoms. The van der Waals surface area contributed by atoms with Crippen molar-refractivity contribution in [3.63, 3.8) is 0 Å². The van der Waals surface area contributed by atoms with Crippen LogP contribution >= 0.6 is 0 Å². The van der Waals surface area contributed by atoms with Gasteiger partial charge in [0.25, 0.3) is 0 Å². The molecule has 0 saturated heterocycles. The smallest absolute Gasteiger partial charge is 0.225 e. The van der Waals surface area contributed by atoms with E-state index in [4.69, 9.17) is 5.73 Å². The van der Waals surface area contributed by atoms with E-state index in [1.54, 1.807) is 0 Å². The molecule has 0 aromatic carbocycles. The van der Waals surface area contributed by atoms with Crippen molar-refractivity contribution in [2.45, 2.75) is 47.1 Å². The summed E-state index contributed by atoms with van der Waals surface area (Å²) in [6.45, 7) is 11.1. The first-order valence-electron chi connectivity index (χ1n) is 6.27. The largest absolute Gasteiger partial charge is 0.345 e. The lowest BCUT2D eigenvalue weighted by molar-refractivity contribution is -0.135. The third kappa shape index (κ3) is 4.97. The van der Waals surface area contributed by atoms with Crippen molar-refractivity contribution >= 4 is 5.91 Å². The monoisotopic (exact) mass is 228 g/mol. The van der Waals surface area contributed by atoms with Gasteiger partial charge in [0, 0.05) is 25.6 Å². The number of rotatable bonds is 6. The van der Waals surface area contributed by atoms with Crippen molar-refractivity contribution in [3.8, 4) is 0 Å². The summed E-state index contributed by atoms with van der Waals surface area (Å²) in [5.74, 6) is 1.20. The fourth-order valence-corrected chi connectivity index (χ4v) is 1.42. The van der Waals surface area contributed by atoms with Crippen LogP contribution in [0.15, 0.2) is 0 Å². The second-order valence-electron chi connectivity index (χ2n) is 5.49. The molecule has 2 N–H and O–H groups in total. The highest BCUT2D eigenvalue weighted by atomic mass is 16.2. The number of nitrogens with two attached hydrogens (primary N) is 1. The second kappa shape index (κ2) is 6.89. The highest BCUT2D eigenvalue weighted by Crippen LogP contribution is 2.13. The standard InChI is InChI=1S/C13H28N2O/c1-9(2)11(5)13(16)15(6)8-7-12(14)10(3)4/h9-12H,7-8,14H2,1-6H3. The van der Waals surface area contributed by atoms with Crippen molar-refractivity contribution in [2.75, 3.05) is 13.6 Å². The van der Waals surface area contributed by atoms with Crippen LogP contribution in [-0.4, -0.2) is 30.4 Å². The molecule has 2 unspecified atom stereocenters. The predicted octanol–water partition coefficient (Wildman–Crippen LogP) is 2.11. The molecule has 2 atom stereocenters. The van der Waals surface area contributed by atoms with Gasteiger partial charge in [-0.1, -0.05) is 34.6 Å². The fourth-order valence-electron chi connectivity index (χ4n) is 1.42. The van der Waals surface area contributed by atoms with Gasteiger partial charge < -0.3 is 10.6 Å². The van der Waals surface area contributed by atoms with E-state index in [-0.39, 0.29) is 17.9 Å². The molecule has 0 fully saturated rings. The zero-order valence-electron chi connectivity index (χ0n) is 11.7. The van der Waals surface area contributed by atoms with Gasteiger partial charge in [0.05, 0.1) is 0 Å². The van der Waals surface area contributed by atoms with Crippen LogP contribution < -0.4 is 5.73 Å². The summed E-state index contributed by atoms with van der Waals surface area (Å²) in [6, 6.07) is 0.185. The number of nitrogens with zero attached hydrogens (tertiary/aromatic N) is 1. The Bertz CT molecular complexity index is 214. The predicted molar refractivity (Wildman–Crippen MR) is 69.1 cm³/mol. The first kappa shape index (κ1) is 15.4. The zero-order chi connectivity index (χ0) is 12.9. The summed E-state index contributed by atoms with van der Waals surface area (Å²) in [6.07, 6.45) is 0.880. The summed E-state index contributed by atoms with van der Waals surface area (Å²) in [7, 11) is 1.87. The van der Waals surface area contributed by atoms with E-state index >= 15 is 0 Å². The van der Waals surface area contributed by atoms with E-state index in [1.807, 2.05) is 18.9 Å². The van der Waals surface area contributed by atoms with E-state index in [1.165, 1.54) is 0 Å². The Morgan fingerprint density at radius 2 is 1.62 bits per heavy atom. The third-order valence-corrected chi connectivity index (χ3v) is 3.42. The highest BCUT2D eigenvalue weighted by molar-refractivity contribution is 5.78. The molecule has 0 saturated carbocycles. The number of hydrogen-bond acceptors (Lipinski definition) is 2. The van der Waals surface area contributed by atoms with Crippen molar-refractivity contribution < 1.29 is 4.79 Å². The molecular weight excluding hydrogens is 200 g/mol. The number of carbonyl (C=O) groups excluding carboxylic acids is 1. The molecule has 0 aliphatic heterocycles. The normalized spacial score (nSPS) is 15.3. The van der Waals surface area contributed by atoms with Gasteiger partial charge in [0.15, 0.2) is 0 Å². The van der Waals surface area contributed by atoms with Gasteiger partial charge in [-0.15, -0.1) is 0 Å². The third-order valence-electron chi connectivity index (χ3n) is 3.42. The Morgan fingerprint density at radius 1 is 1.12 bits per heavy atom. The average Bonchev–Trinajstić information content (AvgIpc) is 2.22. The van der Waals surface area contributed by atoms with Crippen LogP contribution in [0.25, 0.3) is 0 Å². The van der Waals surface area contributed by atoms with Gasteiger partial charge in [-0.25, -0.2) is 0 Å². The Kier molecular flexibility index (Phi) is 6.65. The zero-order valence-corrected chi connectivity index (χ0v) is 11.7. The van der Waals surface area contributed by atoms with Crippen LogP contribution in [0.4, 0.5) is 0 Å². The molecule has 3 nitrogen and oxygen atoms in total. The highest BCUT2D eigenvalue weighted by Gasteiger charge is 2.20. The summed E-state index contributed by atoms with van der Waals surface area (Å²) >= 11 is 0. The van der Waals surface area contributed by atoms with Gasteiger partial charge in [-0.05, 0) is 18.3 Å². The van der Waals surface area contributed by atoms with E-state index in [0.717, 1.165) is 13.0 Å². The van der Waals surface area contributed by atoms with Gasteiger partial charge in [0.1, 0.15) is 0 Å². The first-order chi connectivity index (χ1) is 7.27. The Morgan fingerprint density at radius 3 is 2.00 bits per heavy atom. The van der Waals surface area contributed by atoms with Crippen molar-refractivity contribution in [3.05, 3.63) is 0 Å². The van der Waals surface area contributed by atoms with Crippen LogP contribution in [0.5, 0.6) is 0 Å². The lowest BCUT2D eigenvalue weighted by atomic mass is 9.96. The van der Waals surface area contributed by atoms with Gasteiger partial charge >= 0.3 is 0 Å². The van der Waals surface area contributed by atoms with Crippen LogP contribution in [0.1, 0.15) is 41.0 Å². The Balaban J connectivity index is 4.06. The molecular formula is C13H28N2O. The minimum atomic E-state index is 0.0975. The SMILES string of the molecule is CC(C)C(N)CCN(C)C(=O)C(C)C(C)C. The molecule has 0 aromatic heterocycles. The molecule has 0 aliphatic carbocycles. The first-order valence-corrected chi connectivity index (χ1v) is 6.27. The van der Waals surface area contributed by atoms with Crippen LogP contribution in [0.2, 0.25) is 0 Å². The number of carbonyl (C=O) groups is 1. The summed E-state index contributed by atoms with van der Waals surface area (Å²) in [4.78, 5) is 13.8. The molecule has 0 rings (SSSR count). The number of amides is 1. The maximum absolute atomic E-state index is 12.0. The lowest BCUT2D eigenvalue weighted by Crippen LogP contribution is -2.38. The maximum Gasteiger partial charge on any atom is 0.225 e. The lowest BCUT2D eigenvalue weighted by Gasteiger charge is -2.25. The molecule has 0 aromatic rings. The Hall–Kier alpha value is -0.570. The van der Waals surface area contributed by atoms with E-state index in [2.05, 4.69) is 27.7 Å². The molecule has 16 heavy (non-hydrogen) atoms. The molecule has 3 heteroatoms. The quantitative estimate of drug-likeness (QED) is 0.757. The molecule has 1 amide bonds. The van der Waals surface area contributed by atoms with Gasteiger partial charge in [0.2, 0.25) is 5.91 Å². The molecule has 0 radical (unpaired) electrons. The van der Waals surface area contributed by atoms with Crippen molar-refractivity contribution in [2.24, 2.45) is 23.5 Å². The van der Waals surface area contributed by atoms with E-state index in [0.29, 0.717) is 11.8 Å². The molecule has 0 heterocycles. The Labute approximate surface area is 100 Å². The second-order valence-corrected chi connectivity index (χ2v) is 5.49. The van der Waals surface area contributed by atoms with Gasteiger partial charge in [-0.3, -0.25) is 4.79 Å². The van der Waals surface area contributed by atoms with Crippen LogP contribution in [-0.2, 0) is 4.79 Å². The summed E-state index contributed by atoms with van der Waals surface area (Å²) < 4.78 is 0. The van der Waals surface area contributed by atoms with Crippen LogP contribution in [0.3, 0.4) is 0 Å². The maximum atomic E-state index is 12.0. The van der Waals surface area contributed by atoms with Crippen molar-refractivity contribution in [1.29, 1.82) is 0 Å². The minimum absolute atomic E-state index is 0.0975.